The SMILES string of the molecule is C=C(/C=C\C(=C)OC)CCC(=O)Nc1c(C)cc(N2CCn3cccc3C2)cc1C. The zero-order valence-corrected chi connectivity index (χ0v) is 18.2. The molecule has 5 heteroatoms. The Morgan fingerprint density at radius 3 is 2.60 bits per heavy atom. The van der Waals surface area contributed by atoms with Crippen molar-refractivity contribution >= 4 is 17.3 Å². The van der Waals surface area contributed by atoms with Gasteiger partial charge in [0.1, 0.15) is 5.76 Å². The first-order valence-electron chi connectivity index (χ1n) is 10.3. The van der Waals surface area contributed by atoms with Crippen LogP contribution in [0.3, 0.4) is 0 Å². The molecule has 0 fully saturated rings. The number of methoxy groups -OCH3 is 1. The fraction of sp³-hybridized carbons (Fsp3) is 0.320. The fourth-order valence-electron chi connectivity index (χ4n) is 3.69. The second-order valence-corrected chi connectivity index (χ2v) is 7.78. The van der Waals surface area contributed by atoms with Gasteiger partial charge in [-0.25, -0.2) is 0 Å². The molecule has 5 nitrogen and oxygen atoms in total. The molecule has 1 amide bonds. The highest BCUT2D eigenvalue weighted by Crippen LogP contribution is 2.29. The Kier molecular flexibility index (Phi) is 6.83. The summed E-state index contributed by atoms with van der Waals surface area (Å²) < 4.78 is 7.30. The lowest BCUT2D eigenvalue weighted by molar-refractivity contribution is -0.116. The van der Waals surface area contributed by atoms with Crippen LogP contribution in [0.1, 0.15) is 29.7 Å². The molecule has 2 heterocycles. The van der Waals surface area contributed by atoms with E-state index in [0.717, 1.165) is 42.0 Å². The molecule has 30 heavy (non-hydrogen) atoms. The number of rotatable bonds is 8. The van der Waals surface area contributed by atoms with Gasteiger partial charge < -0.3 is 19.5 Å². The lowest BCUT2D eigenvalue weighted by Crippen LogP contribution is -2.33. The molecule has 1 aromatic heterocycles. The van der Waals surface area contributed by atoms with Gasteiger partial charge in [-0.15, -0.1) is 0 Å². The normalized spacial score (nSPS) is 13.2. The molecule has 0 radical (unpaired) electrons. The molecule has 1 aliphatic heterocycles. The first-order chi connectivity index (χ1) is 14.4. The predicted octanol–water partition coefficient (Wildman–Crippen LogP) is 5.12. The number of amides is 1. The van der Waals surface area contributed by atoms with Crippen LogP contribution in [0.25, 0.3) is 0 Å². The molecule has 2 aromatic rings. The van der Waals surface area contributed by atoms with E-state index in [4.69, 9.17) is 4.74 Å². The molecular weight excluding hydrogens is 374 g/mol. The number of carbonyl (C=O) groups is 1. The third-order valence-corrected chi connectivity index (χ3v) is 5.47. The molecular formula is C25H31N3O2. The summed E-state index contributed by atoms with van der Waals surface area (Å²) in [4.78, 5) is 14.9. The van der Waals surface area contributed by atoms with Crippen molar-refractivity contribution in [3.63, 3.8) is 0 Å². The maximum absolute atomic E-state index is 12.5. The number of fused-ring (bicyclic) bond motifs is 1. The summed E-state index contributed by atoms with van der Waals surface area (Å²) in [6.07, 6.45) is 6.69. The maximum atomic E-state index is 12.5. The number of benzene rings is 1. The van der Waals surface area contributed by atoms with Gasteiger partial charge in [0.25, 0.3) is 0 Å². The second-order valence-electron chi connectivity index (χ2n) is 7.78. The number of carbonyl (C=O) groups excluding carboxylic acids is 1. The average Bonchev–Trinajstić information content (AvgIpc) is 3.20. The number of aryl methyl sites for hydroxylation is 2. The molecule has 0 spiro atoms. The van der Waals surface area contributed by atoms with Crippen LogP contribution in [0, 0.1) is 13.8 Å². The molecule has 158 valence electrons. The van der Waals surface area contributed by atoms with Gasteiger partial charge in [-0.2, -0.15) is 0 Å². The topological polar surface area (TPSA) is 46.5 Å². The van der Waals surface area contributed by atoms with Gasteiger partial charge in [0.2, 0.25) is 5.91 Å². The Morgan fingerprint density at radius 1 is 1.17 bits per heavy atom. The van der Waals surface area contributed by atoms with Crippen molar-refractivity contribution in [2.75, 3.05) is 23.9 Å². The second kappa shape index (κ2) is 9.53. The van der Waals surface area contributed by atoms with Crippen LogP contribution < -0.4 is 10.2 Å². The molecule has 0 saturated carbocycles. The lowest BCUT2D eigenvalue weighted by atomic mass is 10.1. The van der Waals surface area contributed by atoms with E-state index in [1.54, 1.807) is 13.2 Å². The number of aromatic nitrogens is 1. The molecule has 0 bridgehead atoms. The van der Waals surface area contributed by atoms with Crippen LogP contribution in [0.15, 0.2) is 67.1 Å². The Bertz CT molecular complexity index is 961. The van der Waals surface area contributed by atoms with Crippen LogP contribution in [0.4, 0.5) is 11.4 Å². The predicted molar refractivity (Wildman–Crippen MR) is 124 cm³/mol. The summed E-state index contributed by atoms with van der Waals surface area (Å²) in [5, 5.41) is 3.08. The smallest absolute Gasteiger partial charge is 0.224 e. The van der Waals surface area contributed by atoms with E-state index in [1.165, 1.54) is 11.4 Å². The molecule has 1 aliphatic rings. The third-order valence-electron chi connectivity index (χ3n) is 5.47. The minimum Gasteiger partial charge on any atom is -0.497 e. The van der Waals surface area contributed by atoms with E-state index in [0.29, 0.717) is 18.6 Å². The summed E-state index contributed by atoms with van der Waals surface area (Å²) in [7, 11) is 1.57. The van der Waals surface area contributed by atoms with Crippen LogP contribution in [0.2, 0.25) is 0 Å². The lowest BCUT2D eigenvalue weighted by Gasteiger charge is -2.31. The quantitative estimate of drug-likeness (QED) is 0.490. The van der Waals surface area contributed by atoms with Crippen molar-refractivity contribution in [1.82, 2.24) is 4.57 Å². The molecule has 1 aromatic carbocycles. The van der Waals surface area contributed by atoms with Crippen LogP contribution in [-0.4, -0.2) is 24.1 Å². The van der Waals surface area contributed by atoms with Crippen LogP contribution in [-0.2, 0) is 22.6 Å². The van der Waals surface area contributed by atoms with Crippen molar-refractivity contribution in [2.24, 2.45) is 0 Å². The highest BCUT2D eigenvalue weighted by atomic mass is 16.5. The van der Waals surface area contributed by atoms with Crippen molar-refractivity contribution < 1.29 is 9.53 Å². The Hall–Kier alpha value is -3.21. The van der Waals surface area contributed by atoms with E-state index in [9.17, 15) is 4.79 Å². The molecule has 0 atom stereocenters. The van der Waals surface area contributed by atoms with Crippen molar-refractivity contribution in [2.45, 2.75) is 39.8 Å². The van der Waals surface area contributed by atoms with Crippen molar-refractivity contribution in [3.8, 4) is 0 Å². The van der Waals surface area contributed by atoms with E-state index in [-0.39, 0.29) is 5.91 Å². The molecule has 1 N–H and O–H groups in total. The zero-order valence-electron chi connectivity index (χ0n) is 18.2. The van der Waals surface area contributed by atoms with Gasteiger partial charge in [0.15, 0.2) is 0 Å². The number of nitrogens with zero attached hydrogens (tertiary/aromatic N) is 2. The molecule has 0 aliphatic carbocycles. The molecule has 3 rings (SSSR count). The maximum Gasteiger partial charge on any atom is 0.224 e. The van der Waals surface area contributed by atoms with Crippen molar-refractivity contribution in [1.29, 1.82) is 0 Å². The van der Waals surface area contributed by atoms with Gasteiger partial charge in [-0.3, -0.25) is 4.79 Å². The zero-order chi connectivity index (χ0) is 21.7. The first kappa shape index (κ1) is 21.5. The minimum atomic E-state index is -0.00938. The number of hydrogen-bond donors (Lipinski definition) is 1. The van der Waals surface area contributed by atoms with E-state index in [2.05, 4.69) is 72.3 Å². The van der Waals surface area contributed by atoms with E-state index in [1.807, 2.05) is 6.08 Å². The van der Waals surface area contributed by atoms with Gasteiger partial charge in [0, 0.05) is 42.8 Å². The first-order valence-corrected chi connectivity index (χ1v) is 10.3. The van der Waals surface area contributed by atoms with Gasteiger partial charge in [-0.05, 0) is 61.7 Å². The summed E-state index contributed by atoms with van der Waals surface area (Å²) in [6.45, 7) is 14.7. The highest BCUT2D eigenvalue weighted by molar-refractivity contribution is 5.93. The average molecular weight is 406 g/mol. The van der Waals surface area contributed by atoms with Crippen LogP contribution >= 0.6 is 0 Å². The number of ether oxygens (including phenoxy) is 1. The summed E-state index contributed by atoms with van der Waals surface area (Å²) in [6, 6.07) is 8.61. The van der Waals surface area contributed by atoms with Gasteiger partial charge in [0.05, 0.1) is 13.7 Å². The van der Waals surface area contributed by atoms with E-state index < -0.39 is 0 Å². The number of nitrogens with one attached hydrogen (secondary N) is 1. The summed E-state index contributed by atoms with van der Waals surface area (Å²) in [5.41, 5.74) is 6.45. The third kappa shape index (κ3) is 5.23. The molecule has 0 unspecified atom stereocenters. The summed E-state index contributed by atoms with van der Waals surface area (Å²) >= 11 is 0. The molecule has 0 saturated heterocycles. The van der Waals surface area contributed by atoms with Crippen molar-refractivity contribution in [3.05, 3.63) is 83.9 Å². The minimum absolute atomic E-state index is 0.00938. The highest BCUT2D eigenvalue weighted by Gasteiger charge is 2.18. The van der Waals surface area contributed by atoms with Gasteiger partial charge >= 0.3 is 0 Å². The summed E-state index contributed by atoms with van der Waals surface area (Å²) in [5.74, 6) is 0.554. The van der Waals surface area contributed by atoms with Crippen LogP contribution in [0.5, 0.6) is 0 Å². The Morgan fingerprint density at radius 2 is 1.90 bits per heavy atom. The number of anilines is 2. The fourth-order valence-corrected chi connectivity index (χ4v) is 3.69. The number of allylic oxidation sites excluding steroid dienone is 3. The number of hydrogen-bond acceptors (Lipinski definition) is 3. The Labute approximate surface area is 179 Å². The largest absolute Gasteiger partial charge is 0.497 e. The Balaban J connectivity index is 1.60. The standard InChI is InChI=1S/C25H31N3O2/c1-18(8-10-21(4)30-5)9-11-24(29)26-25-19(2)15-23(16-20(25)3)28-14-13-27-12-6-7-22(27)17-28/h6-8,10,12,15-16H,1,4,9,11,13-14,17H2,2-3,5H3,(H,26,29)/b10-8-. The van der Waals surface area contributed by atoms with Gasteiger partial charge in [-0.1, -0.05) is 24.8 Å². The monoisotopic (exact) mass is 405 g/mol. The van der Waals surface area contributed by atoms with E-state index >= 15 is 0 Å².